The second-order valence-electron chi connectivity index (χ2n) is 4.62. The van der Waals surface area contributed by atoms with Crippen LogP contribution in [0.2, 0.25) is 0 Å². The molecule has 0 bridgehead atoms. The predicted molar refractivity (Wildman–Crippen MR) is 65.6 cm³/mol. The summed E-state index contributed by atoms with van der Waals surface area (Å²) in [6, 6.07) is 0. The number of hydrogen-bond acceptors (Lipinski definition) is 1. The van der Waals surface area contributed by atoms with Crippen LogP contribution in [0.5, 0.6) is 0 Å². The molecule has 0 aliphatic heterocycles. The van der Waals surface area contributed by atoms with Crippen molar-refractivity contribution in [2.24, 2.45) is 0 Å². The van der Waals surface area contributed by atoms with Crippen molar-refractivity contribution in [2.75, 3.05) is 0 Å². The third-order valence-corrected chi connectivity index (χ3v) is 4.05. The lowest BCUT2D eigenvalue weighted by Crippen LogP contribution is -2.11. The van der Waals surface area contributed by atoms with Crippen molar-refractivity contribution in [1.29, 1.82) is 0 Å². The summed E-state index contributed by atoms with van der Waals surface area (Å²) >= 11 is 0. The van der Waals surface area contributed by atoms with Gasteiger partial charge in [-0.25, -0.2) is 0 Å². The van der Waals surface area contributed by atoms with Crippen LogP contribution in [0, 0.1) is 0 Å². The highest BCUT2D eigenvalue weighted by Crippen LogP contribution is 2.17. The van der Waals surface area contributed by atoms with Crippen molar-refractivity contribution in [3.63, 3.8) is 0 Å². The van der Waals surface area contributed by atoms with E-state index in [1.165, 1.54) is 70.6 Å². The summed E-state index contributed by atoms with van der Waals surface area (Å²) in [5.41, 5.74) is 0. The highest BCUT2D eigenvalue weighted by atomic mass is 28.2. The standard InChI is InChI=1S/C12H26OSi/c14-13-12-10-8-6-4-2-1-3-5-7-9-11-12/h12H,1-11H2,14H3. The van der Waals surface area contributed by atoms with E-state index < -0.39 is 0 Å². The second-order valence-corrected chi connectivity index (χ2v) is 5.09. The molecule has 0 saturated heterocycles. The Labute approximate surface area is 92.2 Å². The highest BCUT2D eigenvalue weighted by Gasteiger charge is 2.06. The van der Waals surface area contributed by atoms with Gasteiger partial charge in [-0.05, 0) is 12.8 Å². The van der Waals surface area contributed by atoms with Gasteiger partial charge in [-0.3, -0.25) is 0 Å². The fourth-order valence-corrected chi connectivity index (χ4v) is 2.83. The first-order valence-corrected chi connectivity index (χ1v) is 7.28. The Kier molecular flexibility index (Phi) is 7.42. The molecule has 0 aromatic rings. The monoisotopic (exact) mass is 214 g/mol. The summed E-state index contributed by atoms with van der Waals surface area (Å²) in [6.45, 7) is 0. The van der Waals surface area contributed by atoms with Gasteiger partial charge in [0.2, 0.25) is 0 Å². The third-order valence-electron chi connectivity index (χ3n) is 3.39. The van der Waals surface area contributed by atoms with E-state index in [0.29, 0.717) is 6.10 Å². The Morgan fingerprint density at radius 1 is 0.643 bits per heavy atom. The molecule has 1 nitrogen and oxygen atoms in total. The lowest BCUT2D eigenvalue weighted by atomic mass is 10.00. The van der Waals surface area contributed by atoms with Gasteiger partial charge < -0.3 is 4.43 Å². The molecule has 1 aliphatic rings. The van der Waals surface area contributed by atoms with Gasteiger partial charge in [0, 0.05) is 6.10 Å². The minimum atomic E-state index is 0.612. The first-order valence-electron chi connectivity index (χ1n) is 6.46. The van der Waals surface area contributed by atoms with Crippen molar-refractivity contribution < 1.29 is 4.43 Å². The second kappa shape index (κ2) is 8.48. The van der Waals surface area contributed by atoms with Gasteiger partial charge in [-0.15, -0.1) is 0 Å². The molecule has 1 saturated carbocycles. The summed E-state index contributed by atoms with van der Waals surface area (Å²) in [7, 11) is 0.924. The maximum atomic E-state index is 5.63. The molecule has 84 valence electrons. The van der Waals surface area contributed by atoms with Crippen LogP contribution in [-0.2, 0) is 4.43 Å². The van der Waals surface area contributed by atoms with E-state index in [9.17, 15) is 0 Å². The van der Waals surface area contributed by atoms with Crippen LogP contribution in [0.4, 0.5) is 0 Å². The van der Waals surface area contributed by atoms with Crippen molar-refractivity contribution in [3.8, 4) is 0 Å². The minimum absolute atomic E-state index is 0.612. The van der Waals surface area contributed by atoms with E-state index in [4.69, 9.17) is 4.43 Å². The largest absolute Gasteiger partial charge is 0.425 e. The Balaban J connectivity index is 2.17. The van der Waals surface area contributed by atoms with Crippen molar-refractivity contribution in [1.82, 2.24) is 0 Å². The van der Waals surface area contributed by atoms with Crippen LogP contribution in [0.1, 0.15) is 70.6 Å². The highest BCUT2D eigenvalue weighted by molar-refractivity contribution is 5.98. The fourth-order valence-electron chi connectivity index (χ4n) is 2.36. The smallest absolute Gasteiger partial charge is 0.146 e. The van der Waals surface area contributed by atoms with Crippen LogP contribution in [0.25, 0.3) is 0 Å². The van der Waals surface area contributed by atoms with Gasteiger partial charge >= 0.3 is 0 Å². The van der Waals surface area contributed by atoms with Gasteiger partial charge in [0.15, 0.2) is 0 Å². The summed E-state index contributed by atoms with van der Waals surface area (Å²) in [4.78, 5) is 0. The quantitative estimate of drug-likeness (QED) is 0.610. The van der Waals surface area contributed by atoms with Crippen LogP contribution in [0.15, 0.2) is 0 Å². The molecule has 1 aliphatic carbocycles. The average molecular weight is 214 g/mol. The molecule has 0 unspecified atom stereocenters. The Hall–Kier alpha value is 0.177. The normalized spacial score (nSPS) is 24.0. The van der Waals surface area contributed by atoms with E-state index in [1.54, 1.807) is 0 Å². The van der Waals surface area contributed by atoms with E-state index >= 15 is 0 Å². The molecule has 0 aromatic carbocycles. The van der Waals surface area contributed by atoms with Gasteiger partial charge in [-0.1, -0.05) is 57.8 Å². The van der Waals surface area contributed by atoms with E-state index in [0.717, 1.165) is 10.5 Å². The van der Waals surface area contributed by atoms with Gasteiger partial charge in [0.25, 0.3) is 0 Å². The molecular formula is C12H26OSi. The molecule has 0 heterocycles. The van der Waals surface area contributed by atoms with Gasteiger partial charge in [0.1, 0.15) is 10.5 Å². The summed E-state index contributed by atoms with van der Waals surface area (Å²) in [5, 5.41) is 0. The SMILES string of the molecule is [SiH3]OC1CCCCCCCCCCC1. The first-order chi connectivity index (χ1) is 6.93. The average Bonchev–Trinajstić information content (AvgIpc) is 2.19. The molecule has 0 atom stereocenters. The zero-order valence-corrected chi connectivity index (χ0v) is 11.8. The van der Waals surface area contributed by atoms with Crippen molar-refractivity contribution >= 4 is 10.5 Å². The molecule has 0 radical (unpaired) electrons. The molecule has 2 heteroatoms. The van der Waals surface area contributed by atoms with Crippen LogP contribution < -0.4 is 0 Å². The molecule has 0 spiro atoms. The molecule has 0 amide bonds. The summed E-state index contributed by atoms with van der Waals surface area (Å²) in [6.07, 6.45) is 16.2. The molecule has 1 rings (SSSR count). The Morgan fingerprint density at radius 2 is 1.00 bits per heavy atom. The maximum Gasteiger partial charge on any atom is 0.146 e. The van der Waals surface area contributed by atoms with Crippen molar-refractivity contribution in [2.45, 2.75) is 76.7 Å². The van der Waals surface area contributed by atoms with E-state index in [-0.39, 0.29) is 0 Å². The minimum Gasteiger partial charge on any atom is -0.425 e. The molecule has 0 aromatic heterocycles. The molecular weight excluding hydrogens is 188 g/mol. The zero-order valence-electron chi connectivity index (χ0n) is 9.76. The topological polar surface area (TPSA) is 9.23 Å². The number of hydrogen-bond donors (Lipinski definition) is 0. The van der Waals surface area contributed by atoms with E-state index in [2.05, 4.69) is 0 Å². The molecule has 1 fully saturated rings. The van der Waals surface area contributed by atoms with Crippen LogP contribution >= 0.6 is 0 Å². The lowest BCUT2D eigenvalue weighted by molar-refractivity contribution is 0.188. The van der Waals surface area contributed by atoms with Gasteiger partial charge in [-0.2, -0.15) is 0 Å². The fraction of sp³-hybridized carbons (Fsp3) is 1.00. The van der Waals surface area contributed by atoms with Gasteiger partial charge in [0.05, 0.1) is 0 Å². The van der Waals surface area contributed by atoms with Crippen molar-refractivity contribution in [3.05, 3.63) is 0 Å². The summed E-state index contributed by atoms with van der Waals surface area (Å²) in [5.74, 6) is 0. The number of rotatable bonds is 1. The first kappa shape index (κ1) is 12.2. The molecule has 14 heavy (non-hydrogen) atoms. The third kappa shape index (κ3) is 5.81. The zero-order chi connectivity index (χ0) is 10.1. The Bertz CT molecular complexity index is 115. The molecule has 0 N–H and O–H groups in total. The summed E-state index contributed by atoms with van der Waals surface area (Å²) < 4.78 is 5.63. The Morgan fingerprint density at radius 3 is 1.36 bits per heavy atom. The van der Waals surface area contributed by atoms with Crippen LogP contribution in [0.3, 0.4) is 0 Å². The van der Waals surface area contributed by atoms with E-state index in [1.807, 2.05) is 0 Å². The van der Waals surface area contributed by atoms with Crippen LogP contribution in [-0.4, -0.2) is 16.6 Å². The predicted octanol–water partition coefficient (Wildman–Crippen LogP) is 2.96. The maximum absolute atomic E-state index is 5.63. The lowest BCUT2D eigenvalue weighted by Gasteiger charge is -2.16.